The van der Waals surface area contributed by atoms with Crippen LogP contribution >= 0.6 is 0 Å². The number of aromatic nitrogens is 2. The first-order chi connectivity index (χ1) is 8.10. The molecule has 1 rings (SSSR count). The molecule has 5 heteroatoms. The third kappa shape index (κ3) is 3.47. The lowest BCUT2D eigenvalue weighted by molar-refractivity contribution is 0.298. The number of nitrogens with one attached hydrogen (secondary N) is 1. The number of unbranched alkanes of at least 4 members (excludes halogenated alkanes) is 1. The van der Waals surface area contributed by atoms with Crippen molar-refractivity contribution in [1.29, 1.82) is 0 Å². The zero-order chi connectivity index (χ0) is 12.8. The van der Waals surface area contributed by atoms with Crippen LogP contribution in [-0.2, 0) is 0 Å². The third-order valence-electron chi connectivity index (χ3n) is 2.42. The number of nitrogen functional groups attached to an aromatic ring is 1. The van der Waals surface area contributed by atoms with Gasteiger partial charge in [-0.15, -0.1) is 0 Å². The van der Waals surface area contributed by atoms with E-state index >= 15 is 0 Å². The minimum atomic E-state index is 0.247. The van der Waals surface area contributed by atoms with Crippen molar-refractivity contribution in [2.24, 2.45) is 0 Å². The molecule has 0 aliphatic rings. The maximum atomic E-state index is 5.93. The Kier molecular flexibility index (Phi) is 5.00. The van der Waals surface area contributed by atoms with Crippen LogP contribution in [0.4, 0.5) is 11.5 Å². The SMILES string of the molecule is CCCCOc1nc(C(C)C)nc(NC)c1N. The normalized spacial score (nSPS) is 10.6. The van der Waals surface area contributed by atoms with Gasteiger partial charge >= 0.3 is 0 Å². The van der Waals surface area contributed by atoms with Crippen LogP contribution in [0.2, 0.25) is 0 Å². The number of rotatable bonds is 6. The summed E-state index contributed by atoms with van der Waals surface area (Å²) in [6.45, 7) is 6.84. The summed E-state index contributed by atoms with van der Waals surface area (Å²) in [5.41, 5.74) is 6.41. The van der Waals surface area contributed by atoms with Gasteiger partial charge in [0, 0.05) is 13.0 Å². The third-order valence-corrected chi connectivity index (χ3v) is 2.42. The Balaban J connectivity index is 2.96. The van der Waals surface area contributed by atoms with Gasteiger partial charge in [-0.25, -0.2) is 4.98 Å². The predicted molar refractivity (Wildman–Crippen MR) is 70.5 cm³/mol. The van der Waals surface area contributed by atoms with Gasteiger partial charge in [0.05, 0.1) is 6.61 Å². The summed E-state index contributed by atoms with van der Waals surface area (Å²) in [6.07, 6.45) is 2.08. The van der Waals surface area contributed by atoms with Crippen LogP contribution in [0.15, 0.2) is 0 Å². The van der Waals surface area contributed by atoms with E-state index < -0.39 is 0 Å². The highest BCUT2D eigenvalue weighted by atomic mass is 16.5. The molecule has 0 amide bonds. The second-order valence-corrected chi connectivity index (χ2v) is 4.26. The topological polar surface area (TPSA) is 73.1 Å². The van der Waals surface area contributed by atoms with E-state index in [1.165, 1.54) is 0 Å². The van der Waals surface area contributed by atoms with Crippen LogP contribution in [-0.4, -0.2) is 23.6 Å². The number of nitrogens with two attached hydrogens (primary N) is 1. The number of anilines is 2. The molecule has 1 aromatic heterocycles. The number of ether oxygens (including phenoxy) is 1. The van der Waals surface area contributed by atoms with Crippen molar-refractivity contribution in [3.05, 3.63) is 5.82 Å². The molecule has 0 atom stereocenters. The first-order valence-electron chi connectivity index (χ1n) is 6.08. The standard InChI is InChI=1S/C12H22N4O/c1-5-6-7-17-12-9(13)11(14-4)15-10(16-12)8(2)3/h8H,5-7,13H2,1-4H3,(H,14,15,16). The highest BCUT2D eigenvalue weighted by Gasteiger charge is 2.13. The largest absolute Gasteiger partial charge is 0.476 e. The lowest BCUT2D eigenvalue weighted by Crippen LogP contribution is -2.10. The molecule has 0 saturated heterocycles. The van der Waals surface area contributed by atoms with Crippen molar-refractivity contribution >= 4 is 11.5 Å². The van der Waals surface area contributed by atoms with E-state index in [1.54, 1.807) is 7.05 Å². The molecule has 0 saturated carbocycles. The van der Waals surface area contributed by atoms with Crippen molar-refractivity contribution in [3.8, 4) is 5.88 Å². The molecule has 0 bridgehead atoms. The maximum absolute atomic E-state index is 5.93. The smallest absolute Gasteiger partial charge is 0.242 e. The Hall–Kier alpha value is -1.52. The molecular formula is C12H22N4O. The molecule has 0 fully saturated rings. The second kappa shape index (κ2) is 6.27. The van der Waals surface area contributed by atoms with Crippen LogP contribution < -0.4 is 15.8 Å². The molecule has 0 spiro atoms. The Morgan fingerprint density at radius 1 is 1.35 bits per heavy atom. The fourth-order valence-electron chi connectivity index (χ4n) is 1.34. The van der Waals surface area contributed by atoms with E-state index in [-0.39, 0.29) is 5.92 Å². The zero-order valence-corrected chi connectivity index (χ0v) is 11.1. The molecule has 0 aliphatic heterocycles. The molecule has 3 N–H and O–H groups in total. The molecular weight excluding hydrogens is 216 g/mol. The zero-order valence-electron chi connectivity index (χ0n) is 11.1. The first kappa shape index (κ1) is 13.5. The van der Waals surface area contributed by atoms with Gasteiger partial charge in [-0.1, -0.05) is 27.2 Å². The van der Waals surface area contributed by atoms with Crippen LogP contribution in [0.5, 0.6) is 5.88 Å². The summed E-state index contributed by atoms with van der Waals surface area (Å²) < 4.78 is 5.59. The van der Waals surface area contributed by atoms with Crippen molar-refractivity contribution in [2.45, 2.75) is 39.5 Å². The summed E-state index contributed by atoms with van der Waals surface area (Å²) in [7, 11) is 1.79. The Morgan fingerprint density at radius 2 is 2.06 bits per heavy atom. The second-order valence-electron chi connectivity index (χ2n) is 4.26. The van der Waals surface area contributed by atoms with Gasteiger partial charge in [0.15, 0.2) is 5.82 Å². The lowest BCUT2D eigenvalue weighted by atomic mass is 10.2. The van der Waals surface area contributed by atoms with Crippen molar-refractivity contribution in [1.82, 2.24) is 9.97 Å². The van der Waals surface area contributed by atoms with Gasteiger partial charge in [-0.2, -0.15) is 4.98 Å². The minimum Gasteiger partial charge on any atom is -0.476 e. The van der Waals surface area contributed by atoms with Gasteiger partial charge in [-0.3, -0.25) is 0 Å². The molecule has 0 aliphatic carbocycles. The van der Waals surface area contributed by atoms with Crippen LogP contribution in [0, 0.1) is 0 Å². The molecule has 96 valence electrons. The highest BCUT2D eigenvalue weighted by Crippen LogP contribution is 2.27. The van der Waals surface area contributed by atoms with Crippen LogP contribution in [0.3, 0.4) is 0 Å². The average Bonchev–Trinajstić information content (AvgIpc) is 2.31. The summed E-state index contributed by atoms with van der Waals surface area (Å²) in [5, 5.41) is 2.97. The highest BCUT2D eigenvalue weighted by molar-refractivity contribution is 5.66. The first-order valence-corrected chi connectivity index (χ1v) is 6.08. The van der Waals surface area contributed by atoms with Crippen molar-refractivity contribution in [2.75, 3.05) is 24.7 Å². The fourth-order valence-corrected chi connectivity index (χ4v) is 1.34. The van der Waals surface area contributed by atoms with E-state index in [0.717, 1.165) is 18.7 Å². The molecule has 17 heavy (non-hydrogen) atoms. The van der Waals surface area contributed by atoms with E-state index in [1.807, 2.05) is 13.8 Å². The van der Waals surface area contributed by atoms with Crippen molar-refractivity contribution in [3.63, 3.8) is 0 Å². The van der Waals surface area contributed by atoms with Gasteiger partial charge < -0.3 is 15.8 Å². The van der Waals surface area contributed by atoms with E-state index in [9.17, 15) is 0 Å². The number of hydrogen-bond acceptors (Lipinski definition) is 5. The summed E-state index contributed by atoms with van der Waals surface area (Å²) in [4.78, 5) is 8.71. The summed E-state index contributed by atoms with van der Waals surface area (Å²) in [5.74, 6) is 2.11. The van der Waals surface area contributed by atoms with Crippen LogP contribution in [0.25, 0.3) is 0 Å². The van der Waals surface area contributed by atoms with Gasteiger partial charge in [0.25, 0.3) is 0 Å². The van der Waals surface area contributed by atoms with Crippen LogP contribution in [0.1, 0.15) is 45.4 Å². The predicted octanol–water partition coefficient (Wildman–Crippen LogP) is 2.40. The molecule has 5 nitrogen and oxygen atoms in total. The van der Waals surface area contributed by atoms with Crippen molar-refractivity contribution < 1.29 is 4.74 Å². The summed E-state index contributed by atoms with van der Waals surface area (Å²) >= 11 is 0. The molecule has 0 aromatic carbocycles. The van der Waals surface area contributed by atoms with E-state index in [4.69, 9.17) is 10.5 Å². The van der Waals surface area contributed by atoms with E-state index in [0.29, 0.717) is 24.0 Å². The maximum Gasteiger partial charge on any atom is 0.242 e. The Bertz CT molecular complexity index is 366. The van der Waals surface area contributed by atoms with Gasteiger partial charge in [-0.05, 0) is 6.42 Å². The van der Waals surface area contributed by atoms with E-state index in [2.05, 4.69) is 22.2 Å². The molecule has 1 aromatic rings. The quantitative estimate of drug-likeness (QED) is 0.744. The summed E-state index contributed by atoms with van der Waals surface area (Å²) in [6, 6.07) is 0. The lowest BCUT2D eigenvalue weighted by Gasteiger charge is -2.13. The Morgan fingerprint density at radius 3 is 2.59 bits per heavy atom. The fraction of sp³-hybridized carbons (Fsp3) is 0.667. The molecule has 1 heterocycles. The monoisotopic (exact) mass is 238 g/mol. The van der Waals surface area contributed by atoms with Gasteiger partial charge in [0.1, 0.15) is 11.5 Å². The molecule has 0 radical (unpaired) electrons. The number of nitrogens with zero attached hydrogens (tertiary/aromatic N) is 2. The molecule has 0 unspecified atom stereocenters. The average molecular weight is 238 g/mol. The number of hydrogen-bond donors (Lipinski definition) is 2. The Labute approximate surface area is 103 Å². The minimum absolute atomic E-state index is 0.247. The van der Waals surface area contributed by atoms with Gasteiger partial charge in [0.2, 0.25) is 5.88 Å².